The molecule has 1 amide bonds. The van der Waals surface area contributed by atoms with Gasteiger partial charge in [0.15, 0.2) is 0 Å². The van der Waals surface area contributed by atoms with E-state index < -0.39 is 0 Å². The number of amides is 1. The normalized spacial score (nSPS) is 24.7. The SMILES string of the molecule is CC(C)C1CCN(C(=O)C2(CN)CCCCCC2)CC1. The third-order valence-electron chi connectivity index (χ3n) is 5.67. The highest BCUT2D eigenvalue weighted by molar-refractivity contribution is 5.83. The van der Waals surface area contributed by atoms with Gasteiger partial charge in [-0.15, -0.1) is 0 Å². The van der Waals surface area contributed by atoms with E-state index in [0.29, 0.717) is 12.5 Å². The van der Waals surface area contributed by atoms with Gasteiger partial charge >= 0.3 is 0 Å². The molecule has 2 aliphatic rings. The quantitative estimate of drug-likeness (QED) is 0.807. The van der Waals surface area contributed by atoms with Crippen molar-refractivity contribution in [2.75, 3.05) is 19.6 Å². The molecule has 116 valence electrons. The number of nitrogens with two attached hydrogens (primary N) is 1. The van der Waals surface area contributed by atoms with Crippen molar-refractivity contribution in [1.29, 1.82) is 0 Å². The lowest BCUT2D eigenvalue weighted by Crippen LogP contribution is -2.50. The number of carbonyl (C=O) groups excluding carboxylic acids is 1. The molecule has 0 atom stereocenters. The van der Waals surface area contributed by atoms with Crippen LogP contribution in [0.4, 0.5) is 0 Å². The van der Waals surface area contributed by atoms with Crippen LogP contribution in [0.2, 0.25) is 0 Å². The predicted octanol–water partition coefficient (Wildman–Crippen LogP) is 3.18. The van der Waals surface area contributed by atoms with E-state index in [1.54, 1.807) is 0 Å². The highest BCUT2D eigenvalue weighted by Gasteiger charge is 2.40. The minimum absolute atomic E-state index is 0.235. The van der Waals surface area contributed by atoms with E-state index in [1.807, 2.05) is 0 Å². The van der Waals surface area contributed by atoms with E-state index in [4.69, 9.17) is 5.73 Å². The Hall–Kier alpha value is -0.570. The van der Waals surface area contributed by atoms with Crippen molar-refractivity contribution < 1.29 is 4.79 Å². The van der Waals surface area contributed by atoms with E-state index in [2.05, 4.69) is 18.7 Å². The standard InChI is InChI=1S/C17H32N2O/c1-14(2)15-7-11-19(12-8-15)16(20)17(13-18)9-5-3-4-6-10-17/h14-15H,3-13,18H2,1-2H3. The molecule has 3 heteroatoms. The van der Waals surface area contributed by atoms with E-state index in [0.717, 1.165) is 37.8 Å². The van der Waals surface area contributed by atoms with Gasteiger partial charge in [-0.3, -0.25) is 4.79 Å². The molecule has 1 saturated carbocycles. The molecule has 0 unspecified atom stereocenters. The summed E-state index contributed by atoms with van der Waals surface area (Å²) in [5.41, 5.74) is 5.81. The summed E-state index contributed by atoms with van der Waals surface area (Å²) in [6.07, 6.45) is 9.23. The lowest BCUT2D eigenvalue weighted by molar-refractivity contribution is -0.144. The molecule has 2 rings (SSSR count). The van der Waals surface area contributed by atoms with Crippen LogP contribution < -0.4 is 5.73 Å². The topological polar surface area (TPSA) is 46.3 Å². The van der Waals surface area contributed by atoms with Gasteiger partial charge in [0.1, 0.15) is 0 Å². The summed E-state index contributed by atoms with van der Waals surface area (Å²) in [6.45, 7) is 7.03. The molecule has 20 heavy (non-hydrogen) atoms. The Morgan fingerprint density at radius 1 is 1.15 bits per heavy atom. The highest BCUT2D eigenvalue weighted by Crippen LogP contribution is 2.37. The first-order valence-electron chi connectivity index (χ1n) is 8.58. The van der Waals surface area contributed by atoms with Crippen LogP contribution >= 0.6 is 0 Å². The predicted molar refractivity (Wildman–Crippen MR) is 83.3 cm³/mol. The van der Waals surface area contributed by atoms with E-state index in [-0.39, 0.29) is 5.41 Å². The Kier molecular flexibility index (Phi) is 5.48. The van der Waals surface area contributed by atoms with Crippen molar-refractivity contribution in [3.8, 4) is 0 Å². The maximum atomic E-state index is 13.0. The van der Waals surface area contributed by atoms with Crippen LogP contribution in [-0.2, 0) is 4.79 Å². The number of rotatable bonds is 3. The van der Waals surface area contributed by atoms with Crippen molar-refractivity contribution in [2.24, 2.45) is 23.0 Å². The summed E-state index contributed by atoms with van der Waals surface area (Å²) in [6, 6.07) is 0. The third kappa shape index (κ3) is 3.36. The van der Waals surface area contributed by atoms with Gasteiger partial charge in [0, 0.05) is 19.6 Å². The Balaban J connectivity index is 1.99. The largest absolute Gasteiger partial charge is 0.342 e. The van der Waals surface area contributed by atoms with Crippen molar-refractivity contribution in [2.45, 2.75) is 65.2 Å². The molecule has 1 heterocycles. The van der Waals surface area contributed by atoms with Crippen molar-refractivity contribution in [1.82, 2.24) is 4.90 Å². The fourth-order valence-corrected chi connectivity index (χ4v) is 4.02. The van der Waals surface area contributed by atoms with Crippen LogP contribution in [0.15, 0.2) is 0 Å². The molecule has 0 spiro atoms. The summed E-state index contributed by atoms with van der Waals surface area (Å²) >= 11 is 0. The summed E-state index contributed by atoms with van der Waals surface area (Å²) in [5, 5.41) is 0. The van der Waals surface area contributed by atoms with Crippen LogP contribution in [0, 0.1) is 17.3 Å². The summed E-state index contributed by atoms with van der Waals surface area (Å²) in [4.78, 5) is 15.1. The second kappa shape index (κ2) is 6.93. The molecule has 0 aromatic heterocycles. The number of hydrogen-bond acceptors (Lipinski definition) is 2. The third-order valence-corrected chi connectivity index (χ3v) is 5.67. The Morgan fingerprint density at radius 2 is 1.70 bits per heavy atom. The molecule has 0 radical (unpaired) electrons. The first kappa shape index (κ1) is 15.8. The smallest absolute Gasteiger partial charge is 0.230 e. The molecular formula is C17H32N2O. The molecule has 0 aromatic rings. The van der Waals surface area contributed by atoms with Gasteiger partial charge in [0.2, 0.25) is 5.91 Å². The molecule has 1 aliphatic carbocycles. The zero-order valence-corrected chi connectivity index (χ0v) is 13.4. The van der Waals surface area contributed by atoms with E-state index >= 15 is 0 Å². The van der Waals surface area contributed by atoms with Crippen molar-refractivity contribution in [3.63, 3.8) is 0 Å². The fourth-order valence-electron chi connectivity index (χ4n) is 4.02. The van der Waals surface area contributed by atoms with Gasteiger partial charge in [-0.25, -0.2) is 0 Å². The number of likely N-dealkylation sites (tertiary alicyclic amines) is 1. The number of carbonyl (C=O) groups is 1. The van der Waals surface area contributed by atoms with E-state index in [9.17, 15) is 4.79 Å². The second-order valence-electron chi connectivity index (χ2n) is 7.27. The van der Waals surface area contributed by atoms with Crippen LogP contribution in [0.25, 0.3) is 0 Å². The Labute approximate surface area is 124 Å². The van der Waals surface area contributed by atoms with Gasteiger partial charge < -0.3 is 10.6 Å². The number of nitrogens with zero attached hydrogens (tertiary/aromatic N) is 1. The molecule has 3 nitrogen and oxygen atoms in total. The van der Waals surface area contributed by atoms with Gasteiger partial charge in [0.05, 0.1) is 5.41 Å². The van der Waals surface area contributed by atoms with Crippen LogP contribution in [-0.4, -0.2) is 30.4 Å². The zero-order valence-electron chi connectivity index (χ0n) is 13.4. The average Bonchev–Trinajstić information content (AvgIpc) is 2.73. The maximum Gasteiger partial charge on any atom is 0.230 e. The molecule has 2 fully saturated rings. The molecule has 0 bridgehead atoms. The minimum atomic E-state index is -0.235. The molecule has 0 aromatic carbocycles. The Morgan fingerprint density at radius 3 is 2.15 bits per heavy atom. The monoisotopic (exact) mass is 280 g/mol. The first-order chi connectivity index (χ1) is 9.59. The lowest BCUT2D eigenvalue weighted by Gasteiger charge is -2.40. The number of hydrogen-bond donors (Lipinski definition) is 1. The minimum Gasteiger partial charge on any atom is -0.342 e. The van der Waals surface area contributed by atoms with Crippen LogP contribution in [0.3, 0.4) is 0 Å². The summed E-state index contributed by atoms with van der Waals surface area (Å²) in [5.74, 6) is 1.90. The number of piperidine rings is 1. The summed E-state index contributed by atoms with van der Waals surface area (Å²) < 4.78 is 0. The van der Waals surface area contributed by atoms with Crippen molar-refractivity contribution in [3.05, 3.63) is 0 Å². The Bertz CT molecular complexity index is 311. The van der Waals surface area contributed by atoms with Gasteiger partial charge in [-0.2, -0.15) is 0 Å². The van der Waals surface area contributed by atoms with Crippen LogP contribution in [0.5, 0.6) is 0 Å². The maximum absolute atomic E-state index is 13.0. The van der Waals surface area contributed by atoms with Gasteiger partial charge in [0.25, 0.3) is 0 Å². The van der Waals surface area contributed by atoms with Gasteiger partial charge in [-0.05, 0) is 37.5 Å². The average molecular weight is 280 g/mol. The van der Waals surface area contributed by atoms with Crippen LogP contribution in [0.1, 0.15) is 65.2 Å². The van der Waals surface area contributed by atoms with Gasteiger partial charge in [-0.1, -0.05) is 39.5 Å². The zero-order chi connectivity index (χ0) is 14.6. The molecule has 2 N–H and O–H groups in total. The van der Waals surface area contributed by atoms with Crippen molar-refractivity contribution >= 4 is 5.91 Å². The fraction of sp³-hybridized carbons (Fsp3) is 0.941. The molecular weight excluding hydrogens is 248 g/mol. The van der Waals surface area contributed by atoms with E-state index in [1.165, 1.54) is 38.5 Å². The molecule has 1 aliphatic heterocycles. The second-order valence-corrected chi connectivity index (χ2v) is 7.27. The first-order valence-corrected chi connectivity index (χ1v) is 8.58. The summed E-state index contributed by atoms with van der Waals surface area (Å²) in [7, 11) is 0. The highest BCUT2D eigenvalue weighted by atomic mass is 16.2. The lowest BCUT2D eigenvalue weighted by atomic mass is 9.78. The molecule has 1 saturated heterocycles.